The molecule has 0 aromatic carbocycles. The Morgan fingerprint density at radius 3 is 3.12 bits per heavy atom. The van der Waals surface area contributed by atoms with E-state index in [0.29, 0.717) is 5.69 Å². The van der Waals surface area contributed by atoms with E-state index in [-0.39, 0.29) is 19.1 Å². The topological polar surface area (TPSA) is 80.0 Å². The number of aryl methyl sites for hydroxylation is 1. The Labute approximate surface area is 102 Å². The number of rotatable bonds is 4. The van der Waals surface area contributed by atoms with Crippen LogP contribution in [-0.2, 0) is 7.05 Å². The summed E-state index contributed by atoms with van der Waals surface area (Å²) in [6.07, 6.45) is 3.54. The molecule has 2 rings (SSSR count). The maximum Gasteiger partial charge on any atom is 0.270 e. The van der Waals surface area contributed by atoms with Gasteiger partial charge in [-0.3, -0.25) is 9.48 Å². The number of amides is 1. The number of carbonyl (C=O) groups is 1. The molecule has 0 aliphatic carbocycles. The first-order valence-corrected chi connectivity index (χ1v) is 5.92. The van der Waals surface area contributed by atoms with E-state index in [1.54, 1.807) is 16.3 Å². The van der Waals surface area contributed by atoms with Crippen LogP contribution in [0.15, 0.2) is 17.8 Å². The highest BCUT2D eigenvalue weighted by Gasteiger charge is 2.11. The number of hydrogen-bond acceptors (Lipinski definition) is 5. The molecule has 0 saturated carbocycles. The van der Waals surface area contributed by atoms with Gasteiger partial charge in [-0.05, 0) is 0 Å². The minimum absolute atomic E-state index is 0.0780. The summed E-state index contributed by atoms with van der Waals surface area (Å²) in [5.41, 5.74) is 1.25. The van der Waals surface area contributed by atoms with Crippen molar-refractivity contribution in [2.75, 3.05) is 13.2 Å². The van der Waals surface area contributed by atoms with Crippen LogP contribution in [0.25, 0.3) is 10.6 Å². The molecular formula is C10H12N4O2S. The first-order valence-electron chi connectivity index (χ1n) is 5.04. The van der Waals surface area contributed by atoms with Gasteiger partial charge in [-0.25, -0.2) is 4.98 Å². The van der Waals surface area contributed by atoms with Crippen LogP contribution < -0.4 is 5.32 Å². The Bertz CT molecular complexity index is 520. The number of nitrogens with one attached hydrogen (secondary N) is 1. The van der Waals surface area contributed by atoms with E-state index in [2.05, 4.69) is 15.4 Å². The molecule has 1 amide bonds. The molecular weight excluding hydrogens is 240 g/mol. The third-order valence-corrected chi connectivity index (χ3v) is 2.98. The molecule has 2 N–H and O–H groups in total. The van der Waals surface area contributed by atoms with Crippen LogP contribution in [0.5, 0.6) is 0 Å². The van der Waals surface area contributed by atoms with Crippen LogP contribution in [0.1, 0.15) is 10.5 Å². The molecule has 0 spiro atoms. The summed E-state index contributed by atoms with van der Waals surface area (Å²) >= 11 is 1.39. The number of nitrogens with zero attached hydrogens (tertiary/aromatic N) is 3. The van der Waals surface area contributed by atoms with E-state index in [1.165, 1.54) is 11.3 Å². The predicted molar refractivity (Wildman–Crippen MR) is 63.7 cm³/mol. The van der Waals surface area contributed by atoms with Crippen LogP contribution in [0.2, 0.25) is 0 Å². The maximum absolute atomic E-state index is 11.6. The van der Waals surface area contributed by atoms with Crippen molar-refractivity contribution in [3.63, 3.8) is 0 Å². The van der Waals surface area contributed by atoms with Gasteiger partial charge in [-0.2, -0.15) is 5.10 Å². The van der Waals surface area contributed by atoms with Gasteiger partial charge in [0.25, 0.3) is 5.91 Å². The minimum atomic E-state index is -0.273. The summed E-state index contributed by atoms with van der Waals surface area (Å²) in [4.78, 5) is 15.8. The minimum Gasteiger partial charge on any atom is -0.395 e. The van der Waals surface area contributed by atoms with E-state index < -0.39 is 0 Å². The molecule has 0 fully saturated rings. The third-order valence-electron chi connectivity index (χ3n) is 2.09. The zero-order valence-electron chi connectivity index (χ0n) is 9.25. The summed E-state index contributed by atoms with van der Waals surface area (Å²) in [5, 5.41) is 17.7. The van der Waals surface area contributed by atoms with Crippen molar-refractivity contribution in [2.24, 2.45) is 7.05 Å². The highest BCUT2D eigenvalue weighted by atomic mass is 32.1. The molecule has 0 aliphatic heterocycles. The fraction of sp³-hybridized carbons (Fsp3) is 0.300. The van der Waals surface area contributed by atoms with Crippen LogP contribution in [-0.4, -0.2) is 38.9 Å². The number of aromatic nitrogens is 3. The summed E-state index contributed by atoms with van der Waals surface area (Å²) in [5.74, 6) is -0.273. The van der Waals surface area contributed by atoms with Crippen LogP contribution >= 0.6 is 11.3 Å². The predicted octanol–water partition coefficient (Wildman–Crippen LogP) is 0.266. The van der Waals surface area contributed by atoms with Gasteiger partial charge in [-0.1, -0.05) is 0 Å². The second-order valence-corrected chi connectivity index (χ2v) is 4.28. The van der Waals surface area contributed by atoms with Gasteiger partial charge in [-0.15, -0.1) is 11.3 Å². The lowest BCUT2D eigenvalue weighted by molar-refractivity contribution is 0.0940. The van der Waals surface area contributed by atoms with Crippen molar-refractivity contribution >= 4 is 17.2 Å². The van der Waals surface area contributed by atoms with E-state index in [4.69, 9.17) is 5.11 Å². The maximum atomic E-state index is 11.6. The summed E-state index contributed by atoms with van der Waals surface area (Å²) in [7, 11) is 1.83. The average Bonchev–Trinajstić information content (AvgIpc) is 2.93. The number of thiazole rings is 1. The molecule has 6 nitrogen and oxygen atoms in total. The smallest absolute Gasteiger partial charge is 0.270 e. The fourth-order valence-electron chi connectivity index (χ4n) is 1.30. The summed E-state index contributed by atoms with van der Waals surface area (Å²) in [6, 6.07) is 0. The molecule has 0 saturated heterocycles. The van der Waals surface area contributed by atoms with Crippen molar-refractivity contribution < 1.29 is 9.90 Å². The van der Waals surface area contributed by atoms with Crippen molar-refractivity contribution in [2.45, 2.75) is 0 Å². The SMILES string of the molecule is Cn1cc(-c2nc(C(=O)NCCO)cs2)cn1. The van der Waals surface area contributed by atoms with Crippen LogP contribution in [0.4, 0.5) is 0 Å². The number of aliphatic hydroxyl groups excluding tert-OH is 1. The summed E-state index contributed by atoms with van der Waals surface area (Å²) in [6.45, 7) is 0.157. The van der Waals surface area contributed by atoms with Gasteiger partial charge < -0.3 is 10.4 Å². The van der Waals surface area contributed by atoms with Crippen LogP contribution in [0.3, 0.4) is 0 Å². The number of hydrogen-bond donors (Lipinski definition) is 2. The number of carbonyl (C=O) groups excluding carboxylic acids is 1. The molecule has 7 heteroatoms. The van der Waals surface area contributed by atoms with E-state index >= 15 is 0 Å². The van der Waals surface area contributed by atoms with Gasteiger partial charge >= 0.3 is 0 Å². The Balaban J connectivity index is 2.13. The van der Waals surface area contributed by atoms with Crippen molar-refractivity contribution in [1.82, 2.24) is 20.1 Å². The lowest BCUT2D eigenvalue weighted by Crippen LogP contribution is -2.26. The Morgan fingerprint density at radius 1 is 1.65 bits per heavy atom. The lowest BCUT2D eigenvalue weighted by Gasteiger charge is -1.98. The summed E-state index contributed by atoms with van der Waals surface area (Å²) < 4.78 is 1.68. The number of aliphatic hydroxyl groups is 1. The first-order chi connectivity index (χ1) is 8.20. The fourth-order valence-corrected chi connectivity index (χ4v) is 2.08. The highest BCUT2D eigenvalue weighted by Crippen LogP contribution is 2.22. The third kappa shape index (κ3) is 2.69. The van der Waals surface area contributed by atoms with Gasteiger partial charge in [0.15, 0.2) is 0 Å². The molecule has 17 heavy (non-hydrogen) atoms. The molecule has 0 aliphatic rings. The van der Waals surface area contributed by atoms with E-state index in [0.717, 1.165) is 10.6 Å². The standard InChI is InChI=1S/C10H12N4O2S/c1-14-5-7(4-12-14)10-13-8(6-17-10)9(16)11-2-3-15/h4-6,15H,2-3H2,1H3,(H,11,16). The Kier molecular flexibility index (Phi) is 3.50. The normalized spacial score (nSPS) is 10.5. The van der Waals surface area contributed by atoms with E-state index in [9.17, 15) is 4.79 Å². The quantitative estimate of drug-likeness (QED) is 0.818. The van der Waals surface area contributed by atoms with Crippen LogP contribution in [0, 0.1) is 0 Å². The first kappa shape index (κ1) is 11.7. The monoisotopic (exact) mass is 252 g/mol. The molecule has 0 bridgehead atoms. The van der Waals surface area contributed by atoms with Crippen molar-refractivity contribution in [1.29, 1.82) is 0 Å². The molecule has 2 aromatic rings. The Morgan fingerprint density at radius 2 is 2.47 bits per heavy atom. The van der Waals surface area contributed by atoms with Gasteiger partial charge in [0, 0.05) is 30.7 Å². The molecule has 2 aromatic heterocycles. The molecule has 0 unspecified atom stereocenters. The van der Waals surface area contributed by atoms with Crippen molar-refractivity contribution in [3.8, 4) is 10.6 Å². The molecule has 2 heterocycles. The molecule has 0 radical (unpaired) electrons. The van der Waals surface area contributed by atoms with E-state index in [1.807, 2.05) is 13.2 Å². The largest absolute Gasteiger partial charge is 0.395 e. The zero-order valence-corrected chi connectivity index (χ0v) is 10.1. The van der Waals surface area contributed by atoms with Gasteiger partial charge in [0.2, 0.25) is 0 Å². The lowest BCUT2D eigenvalue weighted by atomic mass is 10.4. The second kappa shape index (κ2) is 5.07. The highest BCUT2D eigenvalue weighted by molar-refractivity contribution is 7.13. The average molecular weight is 252 g/mol. The second-order valence-electron chi connectivity index (χ2n) is 3.42. The van der Waals surface area contributed by atoms with Crippen molar-refractivity contribution in [3.05, 3.63) is 23.5 Å². The van der Waals surface area contributed by atoms with Gasteiger partial charge in [0.05, 0.1) is 12.8 Å². The molecule has 0 atom stereocenters. The van der Waals surface area contributed by atoms with Gasteiger partial charge in [0.1, 0.15) is 10.7 Å². The Hall–Kier alpha value is -1.73. The zero-order chi connectivity index (χ0) is 12.3. The molecule has 90 valence electrons.